The first-order valence-corrected chi connectivity index (χ1v) is 4.87. The molecule has 0 unspecified atom stereocenters. The standard InChI is InChI=1S/C10H15N5O/c1-7-3-2-4-8(14-7)15-9(16)5-6-13-10(11)12/h2-4H,5-6H2,1H3,(H4,11,12,13)(H,14,15,16). The van der Waals surface area contributed by atoms with E-state index in [4.69, 9.17) is 11.5 Å². The Hall–Kier alpha value is -2.11. The van der Waals surface area contributed by atoms with Gasteiger partial charge in [0.1, 0.15) is 5.82 Å². The van der Waals surface area contributed by atoms with Gasteiger partial charge in [-0.15, -0.1) is 0 Å². The van der Waals surface area contributed by atoms with Gasteiger partial charge in [0.2, 0.25) is 5.91 Å². The van der Waals surface area contributed by atoms with Crippen molar-refractivity contribution in [3.63, 3.8) is 0 Å². The van der Waals surface area contributed by atoms with Crippen LogP contribution in [0.25, 0.3) is 0 Å². The highest BCUT2D eigenvalue weighted by Crippen LogP contribution is 2.03. The van der Waals surface area contributed by atoms with Gasteiger partial charge in [-0.3, -0.25) is 9.79 Å². The molecule has 16 heavy (non-hydrogen) atoms. The number of amides is 1. The highest BCUT2D eigenvalue weighted by atomic mass is 16.1. The number of hydrogen-bond acceptors (Lipinski definition) is 3. The SMILES string of the molecule is Cc1cccc(NC(=O)CCN=C(N)N)n1. The van der Waals surface area contributed by atoms with Crippen LogP contribution in [0.3, 0.4) is 0 Å². The lowest BCUT2D eigenvalue weighted by molar-refractivity contribution is -0.116. The lowest BCUT2D eigenvalue weighted by atomic mass is 10.3. The molecule has 6 heteroatoms. The Morgan fingerprint density at radius 1 is 1.50 bits per heavy atom. The molecule has 0 atom stereocenters. The number of nitrogens with zero attached hydrogens (tertiary/aromatic N) is 2. The minimum atomic E-state index is -0.164. The van der Waals surface area contributed by atoms with E-state index in [2.05, 4.69) is 15.3 Å². The molecule has 0 radical (unpaired) electrons. The highest BCUT2D eigenvalue weighted by Gasteiger charge is 2.02. The monoisotopic (exact) mass is 221 g/mol. The summed E-state index contributed by atoms with van der Waals surface area (Å²) in [6.45, 7) is 2.13. The van der Waals surface area contributed by atoms with Crippen molar-refractivity contribution in [1.29, 1.82) is 0 Å². The summed E-state index contributed by atoms with van der Waals surface area (Å²) in [5.41, 5.74) is 11.1. The molecule has 1 heterocycles. The first-order valence-electron chi connectivity index (χ1n) is 4.87. The third-order valence-electron chi connectivity index (χ3n) is 1.79. The Bertz CT molecular complexity index is 398. The summed E-state index contributed by atoms with van der Waals surface area (Å²) < 4.78 is 0. The summed E-state index contributed by atoms with van der Waals surface area (Å²) in [6.07, 6.45) is 0.230. The number of pyridine rings is 1. The molecular formula is C10H15N5O. The van der Waals surface area contributed by atoms with Crippen molar-refractivity contribution < 1.29 is 4.79 Å². The number of anilines is 1. The smallest absolute Gasteiger partial charge is 0.227 e. The van der Waals surface area contributed by atoms with Crippen LogP contribution < -0.4 is 16.8 Å². The van der Waals surface area contributed by atoms with Crippen LogP contribution >= 0.6 is 0 Å². The molecule has 0 aromatic carbocycles. The molecule has 1 rings (SSSR count). The van der Waals surface area contributed by atoms with E-state index in [1.165, 1.54) is 0 Å². The second-order valence-electron chi connectivity index (χ2n) is 3.27. The van der Waals surface area contributed by atoms with Gasteiger partial charge in [-0.1, -0.05) is 6.07 Å². The molecule has 0 fully saturated rings. The molecule has 0 saturated heterocycles. The second kappa shape index (κ2) is 5.69. The lowest BCUT2D eigenvalue weighted by Gasteiger charge is -2.03. The van der Waals surface area contributed by atoms with Crippen molar-refractivity contribution in [3.8, 4) is 0 Å². The van der Waals surface area contributed by atoms with Gasteiger partial charge in [0.25, 0.3) is 0 Å². The van der Waals surface area contributed by atoms with Gasteiger partial charge in [-0.2, -0.15) is 0 Å². The summed E-state index contributed by atoms with van der Waals surface area (Å²) in [6, 6.07) is 5.41. The Morgan fingerprint density at radius 2 is 2.25 bits per heavy atom. The zero-order valence-electron chi connectivity index (χ0n) is 9.10. The number of aryl methyl sites for hydroxylation is 1. The van der Waals surface area contributed by atoms with Gasteiger partial charge >= 0.3 is 0 Å². The van der Waals surface area contributed by atoms with Gasteiger partial charge in [0.15, 0.2) is 5.96 Å². The number of nitrogens with two attached hydrogens (primary N) is 2. The topological polar surface area (TPSA) is 106 Å². The molecule has 0 saturated carbocycles. The Morgan fingerprint density at radius 3 is 2.88 bits per heavy atom. The zero-order valence-corrected chi connectivity index (χ0v) is 9.10. The van der Waals surface area contributed by atoms with E-state index in [-0.39, 0.29) is 24.8 Å². The van der Waals surface area contributed by atoms with Crippen molar-refractivity contribution in [3.05, 3.63) is 23.9 Å². The fraction of sp³-hybridized carbons (Fsp3) is 0.300. The molecule has 6 nitrogen and oxygen atoms in total. The van der Waals surface area contributed by atoms with Crippen LogP contribution in [0, 0.1) is 6.92 Å². The molecular weight excluding hydrogens is 206 g/mol. The third-order valence-corrected chi connectivity index (χ3v) is 1.79. The molecule has 1 amide bonds. The molecule has 0 spiro atoms. The molecule has 1 aromatic rings. The molecule has 5 N–H and O–H groups in total. The van der Waals surface area contributed by atoms with Crippen molar-refractivity contribution in [2.75, 3.05) is 11.9 Å². The number of carbonyl (C=O) groups is 1. The molecule has 0 bridgehead atoms. The number of aliphatic imine (C=N–C) groups is 1. The van der Waals surface area contributed by atoms with Crippen molar-refractivity contribution in [1.82, 2.24) is 4.98 Å². The van der Waals surface area contributed by atoms with E-state index in [1.807, 2.05) is 19.1 Å². The van der Waals surface area contributed by atoms with Crippen LogP contribution in [0.1, 0.15) is 12.1 Å². The van der Waals surface area contributed by atoms with E-state index in [0.717, 1.165) is 5.69 Å². The van der Waals surface area contributed by atoms with E-state index >= 15 is 0 Å². The summed E-state index contributed by atoms with van der Waals surface area (Å²) in [5, 5.41) is 2.66. The average molecular weight is 221 g/mol. The first-order chi connectivity index (χ1) is 7.58. The number of carbonyl (C=O) groups excluding carboxylic acids is 1. The molecule has 1 aromatic heterocycles. The third kappa shape index (κ3) is 4.41. The van der Waals surface area contributed by atoms with Crippen LogP contribution in [0.4, 0.5) is 5.82 Å². The Kier molecular flexibility index (Phi) is 4.26. The number of aromatic nitrogens is 1. The summed E-state index contributed by atoms with van der Waals surface area (Å²) in [5.74, 6) is 0.360. The van der Waals surface area contributed by atoms with Crippen molar-refractivity contribution >= 4 is 17.7 Å². The van der Waals surface area contributed by atoms with Gasteiger partial charge in [-0.25, -0.2) is 4.98 Å². The Balaban J connectivity index is 2.43. The lowest BCUT2D eigenvalue weighted by Crippen LogP contribution is -2.23. The predicted octanol–water partition coefficient (Wildman–Crippen LogP) is -0.00798. The fourth-order valence-corrected chi connectivity index (χ4v) is 1.10. The van der Waals surface area contributed by atoms with E-state index < -0.39 is 0 Å². The van der Waals surface area contributed by atoms with Gasteiger partial charge in [0.05, 0.1) is 6.54 Å². The van der Waals surface area contributed by atoms with E-state index in [1.54, 1.807) is 6.07 Å². The maximum absolute atomic E-state index is 11.4. The number of hydrogen-bond donors (Lipinski definition) is 3. The summed E-state index contributed by atoms with van der Waals surface area (Å²) in [7, 11) is 0. The van der Waals surface area contributed by atoms with Crippen LogP contribution in [-0.2, 0) is 4.79 Å². The van der Waals surface area contributed by atoms with Crippen LogP contribution in [0.2, 0.25) is 0 Å². The largest absolute Gasteiger partial charge is 0.370 e. The second-order valence-corrected chi connectivity index (χ2v) is 3.27. The number of rotatable bonds is 4. The molecule has 86 valence electrons. The molecule has 0 aliphatic heterocycles. The zero-order chi connectivity index (χ0) is 12.0. The fourth-order valence-electron chi connectivity index (χ4n) is 1.10. The maximum Gasteiger partial charge on any atom is 0.227 e. The Labute approximate surface area is 93.8 Å². The molecule has 0 aliphatic rings. The quantitative estimate of drug-likeness (QED) is 0.491. The predicted molar refractivity (Wildman–Crippen MR) is 62.9 cm³/mol. The van der Waals surface area contributed by atoms with E-state index in [9.17, 15) is 4.79 Å². The highest BCUT2D eigenvalue weighted by molar-refractivity contribution is 5.90. The van der Waals surface area contributed by atoms with Crippen molar-refractivity contribution in [2.24, 2.45) is 16.5 Å². The number of nitrogens with one attached hydrogen (secondary N) is 1. The van der Waals surface area contributed by atoms with Crippen molar-refractivity contribution in [2.45, 2.75) is 13.3 Å². The minimum absolute atomic E-state index is 0.0125. The van der Waals surface area contributed by atoms with Crippen LogP contribution in [0.15, 0.2) is 23.2 Å². The van der Waals surface area contributed by atoms with Gasteiger partial charge < -0.3 is 16.8 Å². The number of guanidine groups is 1. The summed E-state index contributed by atoms with van der Waals surface area (Å²) >= 11 is 0. The van der Waals surface area contributed by atoms with Gasteiger partial charge in [-0.05, 0) is 19.1 Å². The van der Waals surface area contributed by atoms with E-state index in [0.29, 0.717) is 5.82 Å². The van der Waals surface area contributed by atoms with Crippen LogP contribution in [-0.4, -0.2) is 23.4 Å². The minimum Gasteiger partial charge on any atom is -0.370 e. The normalized spacial score (nSPS) is 9.56. The average Bonchev–Trinajstić information content (AvgIpc) is 2.16. The van der Waals surface area contributed by atoms with Gasteiger partial charge in [0, 0.05) is 12.1 Å². The summed E-state index contributed by atoms with van der Waals surface area (Å²) in [4.78, 5) is 19.3. The van der Waals surface area contributed by atoms with Crippen LogP contribution in [0.5, 0.6) is 0 Å². The first kappa shape index (κ1) is 12.0. The molecule has 0 aliphatic carbocycles. The maximum atomic E-state index is 11.4.